The summed E-state index contributed by atoms with van der Waals surface area (Å²) in [5.41, 5.74) is 8.17. The number of benzene rings is 1. The minimum absolute atomic E-state index is 0.0132. The zero-order chi connectivity index (χ0) is 12.8. The number of methoxy groups -OCH3 is 1. The predicted octanol–water partition coefficient (Wildman–Crippen LogP) is 1.45. The number of hydrogen-bond donors (Lipinski definition) is 1. The van der Waals surface area contributed by atoms with Gasteiger partial charge in [-0.05, 0) is 30.5 Å². The first-order valence-electron chi connectivity index (χ1n) is 5.48. The van der Waals surface area contributed by atoms with Crippen LogP contribution >= 0.6 is 0 Å². The van der Waals surface area contributed by atoms with Gasteiger partial charge in [-0.2, -0.15) is 0 Å². The van der Waals surface area contributed by atoms with Crippen LogP contribution in [0, 0.1) is 0 Å². The minimum atomic E-state index is -0.247. The lowest BCUT2D eigenvalue weighted by atomic mass is 9.99. The van der Waals surface area contributed by atoms with Gasteiger partial charge >= 0.3 is 5.97 Å². The van der Waals surface area contributed by atoms with Crippen LogP contribution in [0.2, 0.25) is 0 Å². The predicted molar refractivity (Wildman–Crippen MR) is 64.7 cm³/mol. The quantitative estimate of drug-likeness (QED) is 0.619. The van der Waals surface area contributed by atoms with Crippen LogP contribution in [0.1, 0.15) is 34.8 Å². The molecule has 1 aromatic carbocycles. The van der Waals surface area contributed by atoms with Gasteiger partial charge in [0, 0.05) is 18.5 Å². The summed E-state index contributed by atoms with van der Waals surface area (Å²) in [5.74, 6) is -0.233. The molecule has 0 aliphatic heterocycles. The first-order chi connectivity index (χ1) is 8.08. The van der Waals surface area contributed by atoms with Crippen LogP contribution in [0.5, 0.6) is 0 Å². The van der Waals surface area contributed by atoms with Gasteiger partial charge in [-0.25, -0.2) is 0 Å². The molecule has 1 aromatic rings. The molecule has 0 saturated heterocycles. The zero-order valence-corrected chi connectivity index (χ0v) is 10.2. The molecule has 0 radical (unpaired) electrons. The maximum atomic E-state index is 11.2. The average molecular weight is 235 g/mol. The maximum Gasteiger partial charge on any atom is 0.305 e. The van der Waals surface area contributed by atoms with Gasteiger partial charge in [-0.15, -0.1) is 0 Å². The Labute approximate surface area is 101 Å². The summed E-state index contributed by atoms with van der Waals surface area (Å²) < 4.78 is 4.58. The summed E-state index contributed by atoms with van der Waals surface area (Å²) in [4.78, 5) is 22.3. The monoisotopic (exact) mass is 235 g/mol. The summed E-state index contributed by atoms with van der Waals surface area (Å²) in [5, 5.41) is 0. The molecule has 0 aliphatic carbocycles. The second-order valence-electron chi connectivity index (χ2n) is 3.82. The molecular weight excluding hydrogens is 218 g/mol. The average Bonchev–Trinajstić information content (AvgIpc) is 2.35. The van der Waals surface area contributed by atoms with Gasteiger partial charge < -0.3 is 10.5 Å². The number of ketones is 1. The van der Waals surface area contributed by atoms with Crippen molar-refractivity contribution < 1.29 is 14.3 Å². The Balaban J connectivity index is 2.85. The Hall–Kier alpha value is -1.68. The molecule has 2 N–H and O–H groups in total. The van der Waals surface area contributed by atoms with Gasteiger partial charge in [0.25, 0.3) is 0 Å². The molecule has 0 amide bonds. The van der Waals surface area contributed by atoms with Gasteiger partial charge in [0.2, 0.25) is 0 Å². The van der Waals surface area contributed by atoms with E-state index >= 15 is 0 Å². The molecule has 0 saturated carbocycles. The first-order valence-corrected chi connectivity index (χ1v) is 5.48. The van der Waals surface area contributed by atoms with Crippen molar-refractivity contribution >= 4 is 11.8 Å². The molecule has 17 heavy (non-hydrogen) atoms. The fraction of sp³-hybridized carbons (Fsp3) is 0.385. The summed E-state index contributed by atoms with van der Waals surface area (Å²) in [7, 11) is 1.37. The van der Waals surface area contributed by atoms with Gasteiger partial charge in [0.1, 0.15) is 0 Å². The number of esters is 1. The number of ether oxygens (including phenoxy) is 1. The van der Waals surface area contributed by atoms with E-state index in [1.54, 1.807) is 12.1 Å². The highest BCUT2D eigenvalue weighted by atomic mass is 16.5. The van der Waals surface area contributed by atoms with Crippen LogP contribution in [0.25, 0.3) is 0 Å². The lowest BCUT2D eigenvalue weighted by Crippen LogP contribution is -2.07. The van der Waals surface area contributed by atoms with E-state index in [-0.39, 0.29) is 11.8 Å². The number of hydrogen-bond acceptors (Lipinski definition) is 4. The van der Waals surface area contributed by atoms with Crippen LogP contribution in [0.15, 0.2) is 18.2 Å². The molecule has 4 heteroatoms. The van der Waals surface area contributed by atoms with E-state index in [0.717, 1.165) is 11.1 Å². The highest BCUT2D eigenvalue weighted by Crippen LogP contribution is 2.14. The van der Waals surface area contributed by atoms with Gasteiger partial charge in [-0.1, -0.05) is 12.1 Å². The highest BCUT2D eigenvalue weighted by Gasteiger charge is 2.08. The van der Waals surface area contributed by atoms with Gasteiger partial charge in [-0.3, -0.25) is 9.59 Å². The van der Waals surface area contributed by atoms with Gasteiger partial charge in [0.05, 0.1) is 7.11 Å². The normalized spacial score (nSPS) is 10.1. The lowest BCUT2D eigenvalue weighted by Gasteiger charge is -2.08. The van der Waals surface area contributed by atoms with Crippen LogP contribution < -0.4 is 5.73 Å². The second kappa shape index (κ2) is 6.15. The summed E-state index contributed by atoms with van der Waals surface area (Å²) in [6.07, 6.45) is 0.903. The van der Waals surface area contributed by atoms with E-state index in [0.29, 0.717) is 24.9 Å². The van der Waals surface area contributed by atoms with Crippen molar-refractivity contribution in [2.75, 3.05) is 7.11 Å². The largest absolute Gasteiger partial charge is 0.469 e. The first kappa shape index (κ1) is 13.4. The smallest absolute Gasteiger partial charge is 0.305 e. The SMILES string of the molecule is COC(=O)CCc1ccc(C(C)=O)cc1CN. The van der Waals surface area contributed by atoms with Crippen molar-refractivity contribution in [3.05, 3.63) is 34.9 Å². The zero-order valence-electron chi connectivity index (χ0n) is 10.2. The molecule has 0 heterocycles. The third kappa shape index (κ3) is 3.67. The number of carbonyl (C=O) groups excluding carboxylic acids is 2. The van der Waals surface area contributed by atoms with Gasteiger partial charge in [0.15, 0.2) is 5.78 Å². The molecule has 92 valence electrons. The van der Waals surface area contributed by atoms with Crippen molar-refractivity contribution in [2.24, 2.45) is 5.73 Å². The third-order valence-corrected chi connectivity index (χ3v) is 2.66. The summed E-state index contributed by atoms with van der Waals surface area (Å²) >= 11 is 0. The Kier molecular flexibility index (Phi) is 4.84. The van der Waals surface area contributed by atoms with E-state index in [1.807, 2.05) is 6.07 Å². The Morgan fingerprint density at radius 2 is 2.00 bits per heavy atom. The van der Waals surface area contributed by atoms with Crippen LogP contribution in [-0.4, -0.2) is 18.9 Å². The van der Waals surface area contributed by atoms with E-state index < -0.39 is 0 Å². The van der Waals surface area contributed by atoms with Crippen molar-refractivity contribution in [1.82, 2.24) is 0 Å². The second-order valence-corrected chi connectivity index (χ2v) is 3.82. The minimum Gasteiger partial charge on any atom is -0.469 e. The third-order valence-electron chi connectivity index (χ3n) is 2.66. The number of aryl methyl sites for hydroxylation is 1. The number of Topliss-reactive ketones (excluding diaryl/α,β-unsaturated/α-hetero) is 1. The van der Waals surface area contributed by atoms with Crippen molar-refractivity contribution in [1.29, 1.82) is 0 Å². The van der Waals surface area contributed by atoms with E-state index in [2.05, 4.69) is 4.74 Å². The van der Waals surface area contributed by atoms with Crippen LogP contribution in [-0.2, 0) is 22.5 Å². The molecular formula is C13H17NO3. The van der Waals surface area contributed by atoms with Crippen LogP contribution in [0.3, 0.4) is 0 Å². The van der Waals surface area contributed by atoms with Crippen LogP contribution in [0.4, 0.5) is 0 Å². The lowest BCUT2D eigenvalue weighted by molar-refractivity contribution is -0.140. The number of carbonyl (C=O) groups is 2. The standard InChI is InChI=1S/C13H17NO3/c1-9(15)11-4-3-10(12(7-11)8-14)5-6-13(16)17-2/h3-4,7H,5-6,8,14H2,1-2H3. The molecule has 0 unspecified atom stereocenters. The van der Waals surface area contributed by atoms with E-state index in [1.165, 1.54) is 14.0 Å². The topological polar surface area (TPSA) is 69.4 Å². The fourth-order valence-corrected chi connectivity index (χ4v) is 1.62. The Morgan fingerprint density at radius 1 is 1.29 bits per heavy atom. The van der Waals surface area contributed by atoms with Crippen molar-refractivity contribution in [3.8, 4) is 0 Å². The Morgan fingerprint density at radius 3 is 2.53 bits per heavy atom. The summed E-state index contributed by atoms with van der Waals surface area (Å²) in [6, 6.07) is 5.39. The molecule has 0 bridgehead atoms. The highest BCUT2D eigenvalue weighted by molar-refractivity contribution is 5.94. The molecule has 0 atom stereocenters. The fourth-order valence-electron chi connectivity index (χ4n) is 1.62. The molecule has 1 rings (SSSR count). The molecule has 0 fully saturated rings. The molecule has 4 nitrogen and oxygen atoms in total. The number of rotatable bonds is 5. The Bertz CT molecular complexity index is 427. The molecule has 0 aliphatic rings. The van der Waals surface area contributed by atoms with Crippen molar-refractivity contribution in [2.45, 2.75) is 26.3 Å². The molecule has 0 aromatic heterocycles. The maximum absolute atomic E-state index is 11.2. The summed E-state index contributed by atoms with van der Waals surface area (Å²) in [6.45, 7) is 1.88. The van der Waals surface area contributed by atoms with E-state index in [9.17, 15) is 9.59 Å². The number of nitrogens with two attached hydrogens (primary N) is 1. The van der Waals surface area contributed by atoms with Crippen molar-refractivity contribution in [3.63, 3.8) is 0 Å². The van der Waals surface area contributed by atoms with E-state index in [4.69, 9.17) is 5.73 Å². The molecule has 0 spiro atoms.